The number of hydrogen-bond acceptors (Lipinski definition) is 5. The summed E-state index contributed by atoms with van der Waals surface area (Å²) in [7, 11) is 1.68. The summed E-state index contributed by atoms with van der Waals surface area (Å²) in [5.41, 5.74) is -0.388. The van der Waals surface area contributed by atoms with E-state index in [1.54, 1.807) is 33.0 Å². The predicted molar refractivity (Wildman–Crippen MR) is 86.2 cm³/mol. The van der Waals surface area contributed by atoms with E-state index >= 15 is 0 Å². The summed E-state index contributed by atoms with van der Waals surface area (Å²) in [4.78, 5) is 13.9. The largest absolute Gasteiger partial charge is 0.443 e. The zero-order valence-corrected chi connectivity index (χ0v) is 14.0. The maximum absolute atomic E-state index is 12.4. The number of aromatic nitrogens is 1. The van der Waals surface area contributed by atoms with Crippen molar-refractivity contribution < 1.29 is 18.8 Å². The summed E-state index contributed by atoms with van der Waals surface area (Å²) in [6.07, 6.45) is 2.29. The Morgan fingerprint density at radius 1 is 1.46 bits per heavy atom. The van der Waals surface area contributed by atoms with E-state index < -0.39 is 5.60 Å². The number of hydrogen-bond donors (Lipinski definition) is 1. The minimum atomic E-state index is -1.11. The van der Waals surface area contributed by atoms with E-state index in [0.717, 1.165) is 24.3 Å². The molecule has 6 heteroatoms. The second-order valence-electron chi connectivity index (χ2n) is 6.63. The Morgan fingerprint density at radius 2 is 2.21 bits per heavy atom. The van der Waals surface area contributed by atoms with Crippen molar-refractivity contribution in [3.63, 3.8) is 0 Å². The van der Waals surface area contributed by atoms with E-state index in [-0.39, 0.29) is 11.7 Å². The van der Waals surface area contributed by atoms with Gasteiger partial charge in [0.05, 0.1) is 6.54 Å². The molecule has 3 rings (SSSR count). The molecule has 1 amide bonds. The molecule has 0 saturated heterocycles. The van der Waals surface area contributed by atoms with Crippen molar-refractivity contribution in [2.75, 3.05) is 7.05 Å². The van der Waals surface area contributed by atoms with E-state index in [9.17, 15) is 9.90 Å². The Labute approximate surface area is 140 Å². The van der Waals surface area contributed by atoms with Crippen LogP contribution in [0.1, 0.15) is 60.4 Å². The normalized spacial score (nSPS) is 14.2. The van der Waals surface area contributed by atoms with Crippen LogP contribution >= 0.6 is 0 Å². The molecule has 1 aliphatic rings. The van der Waals surface area contributed by atoms with Gasteiger partial charge in [-0.25, -0.2) is 0 Å². The van der Waals surface area contributed by atoms with Gasteiger partial charge in [0.1, 0.15) is 17.1 Å². The van der Waals surface area contributed by atoms with Gasteiger partial charge in [-0.1, -0.05) is 11.1 Å². The maximum atomic E-state index is 12.4. The minimum absolute atomic E-state index is 0.198. The molecule has 2 heterocycles. The maximum Gasteiger partial charge on any atom is 0.289 e. The molecule has 0 unspecified atom stereocenters. The molecule has 0 aromatic carbocycles. The van der Waals surface area contributed by atoms with Crippen LogP contribution < -0.4 is 0 Å². The third-order valence-corrected chi connectivity index (χ3v) is 3.61. The van der Waals surface area contributed by atoms with Crippen LogP contribution in [0.15, 0.2) is 27.1 Å². The first-order valence-corrected chi connectivity index (χ1v) is 7.88. The van der Waals surface area contributed by atoms with Crippen molar-refractivity contribution in [1.29, 1.82) is 0 Å². The lowest BCUT2D eigenvalue weighted by molar-refractivity contribution is 0.0750. The number of furan rings is 1. The molecule has 1 N–H and O–H groups in total. The Hall–Kier alpha value is -2.52. The van der Waals surface area contributed by atoms with Gasteiger partial charge >= 0.3 is 0 Å². The lowest BCUT2D eigenvalue weighted by Crippen LogP contribution is -2.25. The molecule has 0 atom stereocenters. The average molecular weight is 328 g/mol. The van der Waals surface area contributed by atoms with Crippen LogP contribution in [-0.4, -0.2) is 33.7 Å². The second-order valence-corrected chi connectivity index (χ2v) is 6.63. The standard InChI is InChI=1S/C18H20N2O4/c1-18(2,22)9-8-14-6-7-15(23-14)17(21)20(3)11-13-10-16(24-19-13)12-4-5-12/h6-7,10,12,22H,4-5,11H2,1-3H3. The molecule has 1 fully saturated rings. The van der Waals surface area contributed by atoms with Crippen LogP contribution in [0, 0.1) is 11.8 Å². The Balaban J connectivity index is 1.64. The highest BCUT2D eigenvalue weighted by Gasteiger charge is 2.28. The quantitative estimate of drug-likeness (QED) is 0.873. The third kappa shape index (κ3) is 4.06. The highest BCUT2D eigenvalue weighted by Crippen LogP contribution is 2.40. The van der Waals surface area contributed by atoms with Gasteiger partial charge in [-0.3, -0.25) is 4.79 Å². The third-order valence-electron chi connectivity index (χ3n) is 3.61. The molecule has 0 aliphatic heterocycles. The van der Waals surface area contributed by atoms with E-state index in [4.69, 9.17) is 8.94 Å². The number of rotatable bonds is 4. The molecule has 0 radical (unpaired) electrons. The van der Waals surface area contributed by atoms with E-state index in [2.05, 4.69) is 17.0 Å². The highest BCUT2D eigenvalue weighted by molar-refractivity contribution is 5.91. The van der Waals surface area contributed by atoms with Crippen LogP contribution in [0.3, 0.4) is 0 Å². The number of amides is 1. The highest BCUT2D eigenvalue weighted by atomic mass is 16.5. The van der Waals surface area contributed by atoms with E-state index in [1.165, 1.54) is 4.90 Å². The number of nitrogens with zero attached hydrogens (tertiary/aromatic N) is 2. The first kappa shape index (κ1) is 16.3. The SMILES string of the molecule is CN(Cc1cc(C2CC2)on1)C(=O)c1ccc(C#CC(C)(C)O)o1. The summed E-state index contributed by atoms with van der Waals surface area (Å²) >= 11 is 0. The molecule has 0 bridgehead atoms. The summed E-state index contributed by atoms with van der Waals surface area (Å²) < 4.78 is 10.7. The average Bonchev–Trinajstić information content (AvgIpc) is 3.08. The molecular weight excluding hydrogens is 308 g/mol. The van der Waals surface area contributed by atoms with E-state index in [0.29, 0.717) is 18.2 Å². The van der Waals surface area contributed by atoms with Crippen molar-refractivity contribution in [3.05, 3.63) is 41.2 Å². The van der Waals surface area contributed by atoms with Gasteiger partial charge in [0.2, 0.25) is 0 Å². The van der Waals surface area contributed by atoms with Crippen molar-refractivity contribution in [1.82, 2.24) is 10.1 Å². The summed E-state index contributed by atoms with van der Waals surface area (Å²) in [5, 5.41) is 13.6. The van der Waals surface area contributed by atoms with Gasteiger partial charge in [-0.05, 0) is 44.7 Å². The monoisotopic (exact) mass is 328 g/mol. The molecular formula is C18H20N2O4. The number of carbonyl (C=O) groups is 1. The first-order valence-electron chi connectivity index (χ1n) is 7.88. The van der Waals surface area contributed by atoms with Gasteiger partial charge in [-0.2, -0.15) is 0 Å². The lowest BCUT2D eigenvalue weighted by atomic mass is 10.1. The van der Waals surface area contributed by atoms with Crippen LogP contribution in [-0.2, 0) is 6.54 Å². The molecule has 24 heavy (non-hydrogen) atoms. The second kappa shape index (κ2) is 6.17. The van der Waals surface area contributed by atoms with Crippen molar-refractivity contribution in [2.45, 2.75) is 44.8 Å². The topological polar surface area (TPSA) is 79.7 Å². The zero-order valence-electron chi connectivity index (χ0n) is 14.0. The molecule has 0 spiro atoms. The molecule has 1 aliphatic carbocycles. The zero-order chi connectivity index (χ0) is 17.3. The summed E-state index contributed by atoms with van der Waals surface area (Å²) in [6.45, 7) is 3.51. The number of carbonyl (C=O) groups excluding carboxylic acids is 1. The van der Waals surface area contributed by atoms with Gasteiger partial charge < -0.3 is 18.9 Å². The van der Waals surface area contributed by atoms with Gasteiger partial charge in [0.15, 0.2) is 11.5 Å². The van der Waals surface area contributed by atoms with Crippen molar-refractivity contribution in [3.8, 4) is 11.8 Å². The predicted octanol–water partition coefficient (Wildman–Crippen LogP) is 2.54. The van der Waals surface area contributed by atoms with Crippen LogP contribution in [0.4, 0.5) is 0 Å². The Bertz CT molecular complexity index is 797. The Kier molecular flexibility index (Phi) is 4.20. The molecule has 1 saturated carbocycles. The van der Waals surface area contributed by atoms with Crippen molar-refractivity contribution in [2.24, 2.45) is 0 Å². The minimum Gasteiger partial charge on any atom is -0.443 e. The van der Waals surface area contributed by atoms with Crippen LogP contribution in [0.5, 0.6) is 0 Å². The molecule has 126 valence electrons. The lowest BCUT2D eigenvalue weighted by Gasteiger charge is -2.13. The fraction of sp³-hybridized carbons (Fsp3) is 0.444. The van der Waals surface area contributed by atoms with Gasteiger partial charge in [0.25, 0.3) is 5.91 Å². The fourth-order valence-corrected chi connectivity index (χ4v) is 2.20. The first-order chi connectivity index (χ1) is 11.3. The number of aliphatic hydroxyl groups is 1. The summed E-state index contributed by atoms with van der Waals surface area (Å²) in [5.74, 6) is 7.02. The van der Waals surface area contributed by atoms with Crippen LogP contribution in [0.25, 0.3) is 0 Å². The summed E-state index contributed by atoms with van der Waals surface area (Å²) in [6, 6.07) is 5.09. The Morgan fingerprint density at radius 3 is 2.88 bits per heavy atom. The van der Waals surface area contributed by atoms with E-state index in [1.807, 2.05) is 6.07 Å². The molecule has 6 nitrogen and oxygen atoms in total. The van der Waals surface area contributed by atoms with Gasteiger partial charge in [0, 0.05) is 19.0 Å². The van der Waals surface area contributed by atoms with Crippen LogP contribution in [0.2, 0.25) is 0 Å². The smallest absolute Gasteiger partial charge is 0.289 e. The molecule has 2 aromatic rings. The molecule has 2 aromatic heterocycles. The van der Waals surface area contributed by atoms with Crippen molar-refractivity contribution >= 4 is 5.91 Å². The van der Waals surface area contributed by atoms with Gasteiger partial charge in [-0.15, -0.1) is 0 Å². The fourth-order valence-electron chi connectivity index (χ4n) is 2.20.